The van der Waals surface area contributed by atoms with Crippen LogP contribution >= 0.6 is 0 Å². The van der Waals surface area contributed by atoms with Gasteiger partial charge in [-0.15, -0.1) is 0 Å². The summed E-state index contributed by atoms with van der Waals surface area (Å²) < 4.78 is 42.4. The van der Waals surface area contributed by atoms with Crippen molar-refractivity contribution in [2.75, 3.05) is 11.9 Å². The third kappa shape index (κ3) is 2.96. The zero-order valence-electron chi connectivity index (χ0n) is 9.11. The highest BCUT2D eigenvalue weighted by Gasteiger charge is 2.33. The molecule has 0 bridgehead atoms. The smallest absolute Gasteiger partial charge is 0.369 e. The fourth-order valence-electron chi connectivity index (χ4n) is 1.37. The largest absolute Gasteiger partial charge is 0.419 e. The van der Waals surface area contributed by atoms with Gasteiger partial charge in [-0.3, -0.25) is 0 Å². The minimum Gasteiger partial charge on any atom is -0.369 e. The van der Waals surface area contributed by atoms with E-state index >= 15 is 0 Å². The zero-order chi connectivity index (χ0) is 13.0. The van der Waals surface area contributed by atoms with E-state index < -0.39 is 11.7 Å². The molecular weight excluding hydrogens is 249 g/mol. The first-order valence-corrected chi connectivity index (χ1v) is 5.08. The summed E-state index contributed by atoms with van der Waals surface area (Å²) in [7, 11) is 0. The number of rotatable bonds is 4. The van der Waals surface area contributed by atoms with Crippen LogP contribution in [0.3, 0.4) is 0 Å². The maximum Gasteiger partial charge on any atom is 0.419 e. The van der Waals surface area contributed by atoms with Crippen molar-refractivity contribution >= 4 is 5.82 Å². The minimum absolute atomic E-state index is 0.200. The van der Waals surface area contributed by atoms with Gasteiger partial charge in [-0.05, 0) is 12.1 Å². The Hall–Kier alpha value is -2.12. The quantitative estimate of drug-likeness (QED) is 0.910. The molecule has 96 valence electrons. The number of anilines is 1. The number of hydrogen-bond acceptors (Lipinski definition) is 5. The highest BCUT2D eigenvalue weighted by atomic mass is 19.4. The van der Waals surface area contributed by atoms with Crippen LogP contribution in [0.4, 0.5) is 19.0 Å². The molecule has 0 saturated carbocycles. The second-order valence-electron chi connectivity index (χ2n) is 3.42. The van der Waals surface area contributed by atoms with Gasteiger partial charge in [-0.1, -0.05) is 5.16 Å². The van der Waals surface area contributed by atoms with Crippen LogP contribution in [0.1, 0.15) is 11.4 Å². The van der Waals surface area contributed by atoms with E-state index in [2.05, 4.69) is 25.0 Å². The molecule has 5 nitrogen and oxygen atoms in total. The number of alkyl halides is 3. The Labute approximate surface area is 100 Å². The van der Waals surface area contributed by atoms with Crippen LogP contribution in [0.2, 0.25) is 0 Å². The summed E-state index contributed by atoms with van der Waals surface area (Å²) in [6.45, 7) is 0.236. The summed E-state index contributed by atoms with van der Waals surface area (Å²) in [5.74, 6) is 0.223. The summed E-state index contributed by atoms with van der Waals surface area (Å²) in [6, 6.07) is 2.22. The average molecular weight is 258 g/mol. The molecule has 0 aromatic carbocycles. The van der Waals surface area contributed by atoms with Gasteiger partial charge in [0.1, 0.15) is 5.82 Å². The van der Waals surface area contributed by atoms with Gasteiger partial charge in [0.25, 0.3) is 0 Å². The summed E-state index contributed by atoms with van der Waals surface area (Å²) in [5, 5.41) is 6.16. The number of aromatic nitrogens is 3. The highest BCUT2D eigenvalue weighted by Crippen LogP contribution is 2.33. The van der Waals surface area contributed by atoms with E-state index in [-0.39, 0.29) is 12.4 Å². The van der Waals surface area contributed by atoms with Crippen molar-refractivity contribution in [1.29, 1.82) is 0 Å². The molecule has 18 heavy (non-hydrogen) atoms. The van der Waals surface area contributed by atoms with Crippen LogP contribution in [0.5, 0.6) is 0 Å². The van der Waals surface area contributed by atoms with Crippen LogP contribution in [0.25, 0.3) is 0 Å². The lowest BCUT2D eigenvalue weighted by atomic mass is 10.2. The van der Waals surface area contributed by atoms with Gasteiger partial charge in [0, 0.05) is 19.2 Å². The molecule has 2 heterocycles. The van der Waals surface area contributed by atoms with Gasteiger partial charge in [0.2, 0.25) is 6.39 Å². The maximum absolute atomic E-state index is 12.6. The molecule has 2 aromatic rings. The third-order valence-electron chi connectivity index (χ3n) is 2.16. The van der Waals surface area contributed by atoms with Crippen molar-refractivity contribution in [2.24, 2.45) is 0 Å². The van der Waals surface area contributed by atoms with Gasteiger partial charge in [-0.2, -0.15) is 18.2 Å². The van der Waals surface area contributed by atoms with Crippen molar-refractivity contribution in [3.8, 4) is 0 Å². The summed E-state index contributed by atoms with van der Waals surface area (Å²) in [5.41, 5.74) is -0.793. The molecule has 0 unspecified atom stereocenters. The van der Waals surface area contributed by atoms with Gasteiger partial charge in [0.05, 0.1) is 5.56 Å². The molecule has 2 aromatic heterocycles. The van der Waals surface area contributed by atoms with Crippen LogP contribution in [-0.2, 0) is 12.6 Å². The molecule has 0 aliphatic heterocycles. The first kappa shape index (κ1) is 12.3. The fourth-order valence-corrected chi connectivity index (χ4v) is 1.37. The lowest BCUT2D eigenvalue weighted by Gasteiger charge is -2.12. The van der Waals surface area contributed by atoms with Crippen molar-refractivity contribution in [1.82, 2.24) is 15.1 Å². The van der Waals surface area contributed by atoms with Crippen LogP contribution < -0.4 is 5.32 Å². The van der Waals surface area contributed by atoms with Crippen LogP contribution in [-0.4, -0.2) is 21.7 Å². The van der Waals surface area contributed by atoms with E-state index in [0.29, 0.717) is 12.2 Å². The van der Waals surface area contributed by atoms with Gasteiger partial charge in [0.15, 0.2) is 5.82 Å². The second-order valence-corrected chi connectivity index (χ2v) is 3.42. The van der Waals surface area contributed by atoms with Crippen molar-refractivity contribution < 1.29 is 17.7 Å². The number of halogens is 3. The van der Waals surface area contributed by atoms with E-state index in [4.69, 9.17) is 0 Å². The van der Waals surface area contributed by atoms with Crippen molar-refractivity contribution in [3.05, 3.63) is 36.1 Å². The SMILES string of the molecule is FC(F)(F)c1cccnc1NCCc1ncon1. The Morgan fingerprint density at radius 1 is 1.28 bits per heavy atom. The molecule has 0 amide bonds. The first-order valence-electron chi connectivity index (χ1n) is 5.08. The zero-order valence-corrected chi connectivity index (χ0v) is 9.11. The molecule has 2 rings (SSSR count). The summed E-state index contributed by atoms with van der Waals surface area (Å²) >= 11 is 0. The standard InChI is InChI=1S/C10H9F3N4O/c11-10(12,13)7-2-1-4-14-9(7)15-5-3-8-16-6-18-17-8/h1-2,4,6H,3,5H2,(H,14,15). The molecule has 0 radical (unpaired) electrons. The predicted octanol–water partition coefficient (Wildman–Crippen LogP) is 2.14. The molecule has 0 spiro atoms. The number of nitrogens with one attached hydrogen (secondary N) is 1. The van der Waals surface area contributed by atoms with Crippen molar-refractivity contribution in [2.45, 2.75) is 12.6 Å². The molecule has 0 fully saturated rings. The lowest BCUT2D eigenvalue weighted by Crippen LogP contribution is -2.14. The molecule has 0 aliphatic carbocycles. The monoisotopic (exact) mass is 258 g/mol. The van der Waals surface area contributed by atoms with Gasteiger partial charge >= 0.3 is 6.18 Å². The Bertz CT molecular complexity index is 498. The van der Waals surface area contributed by atoms with Gasteiger partial charge in [-0.25, -0.2) is 4.98 Å². The van der Waals surface area contributed by atoms with E-state index in [1.54, 1.807) is 0 Å². The number of hydrogen-bond donors (Lipinski definition) is 1. The molecule has 0 atom stereocenters. The summed E-state index contributed by atoms with van der Waals surface area (Å²) in [4.78, 5) is 7.43. The molecule has 1 N–H and O–H groups in total. The normalized spacial score (nSPS) is 11.5. The Kier molecular flexibility index (Phi) is 3.45. The number of nitrogens with zero attached hydrogens (tertiary/aromatic N) is 3. The molecule has 0 saturated heterocycles. The third-order valence-corrected chi connectivity index (χ3v) is 2.16. The minimum atomic E-state index is -4.43. The Balaban J connectivity index is 2.01. The molecule has 8 heteroatoms. The van der Waals surface area contributed by atoms with Crippen LogP contribution in [0, 0.1) is 0 Å². The number of pyridine rings is 1. The van der Waals surface area contributed by atoms with E-state index in [9.17, 15) is 13.2 Å². The van der Waals surface area contributed by atoms with Crippen molar-refractivity contribution in [3.63, 3.8) is 0 Å². The van der Waals surface area contributed by atoms with E-state index in [1.165, 1.54) is 12.3 Å². The fraction of sp³-hybridized carbons (Fsp3) is 0.300. The van der Waals surface area contributed by atoms with Crippen LogP contribution in [0.15, 0.2) is 29.2 Å². The Morgan fingerprint density at radius 2 is 2.11 bits per heavy atom. The van der Waals surface area contributed by atoms with E-state index in [0.717, 1.165) is 12.5 Å². The first-order chi connectivity index (χ1) is 8.57. The van der Waals surface area contributed by atoms with Gasteiger partial charge < -0.3 is 9.84 Å². The van der Waals surface area contributed by atoms with E-state index in [1.807, 2.05) is 0 Å². The maximum atomic E-state index is 12.6. The average Bonchev–Trinajstić information content (AvgIpc) is 2.81. The highest BCUT2D eigenvalue weighted by molar-refractivity contribution is 5.45. The topological polar surface area (TPSA) is 63.8 Å². The lowest BCUT2D eigenvalue weighted by molar-refractivity contribution is -0.137. The molecular formula is C10H9F3N4O. The Morgan fingerprint density at radius 3 is 2.78 bits per heavy atom. The second kappa shape index (κ2) is 5.03. The summed E-state index contributed by atoms with van der Waals surface area (Å²) in [6.07, 6.45) is -1.61. The molecule has 0 aliphatic rings. The predicted molar refractivity (Wildman–Crippen MR) is 55.7 cm³/mol.